The van der Waals surface area contributed by atoms with E-state index < -0.39 is 0 Å². The Kier molecular flexibility index (Phi) is 7.17. The van der Waals surface area contributed by atoms with E-state index in [1.807, 2.05) is 59.3 Å². The normalized spacial score (nSPS) is 14.5. The molecule has 2 heterocycles. The van der Waals surface area contributed by atoms with Crippen molar-refractivity contribution in [3.05, 3.63) is 66.1 Å². The van der Waals surface area contributed by atoms with E-state index in [-0.39, 0.29) is 5.91 Å². The fraction of sp³-hybridized carbons (Fsp3) is 0.400. The van der Waals surface area contributed by atoms with E-state index in [4.69, 9.17) is 4.52 Å². The Balaban J connectivity index is 1.17. The molecule has 0 N–H and O–H groups in total. The average molecular weight is 434 g/mol. The third-order valence-electron chi connectivity index (χ3n) is 5.94. The van der Waals surface area contributed by atoms with Crippen LogP contribution in [0.4, 0.5) is 5.69 Å². The van der Waals surface area contributed by atoms with Gasteiger partial charge in [0.25, 0.3) is 0 Å². The number of anilines is 1. The molecule has 168 valence electrons. The van der Waals surface area contributed by atoms with Crippen molar-refractivity contribution in [1.29, 1.82) is 0 Å². The average Bonchev–Trinajstić information content (AvgIpc) is 3.29. The van der Waals surface area contributed by atoms with Gasteiger partial charge in [-0.05, 0) is 32.0 Å². The van der Waals surface area contributed by atoms with Gasteiger partial charge in [0.05, 0.1) is 6.54 Å². The SMILES string of the molecule is Cc1ccc(-c2noc(CCCN3CCN(C(=O)CN(C)c4ccccc4)CC3)n2)cc1. The highest BCUT2D eigenvalue weighted by atomic mass is 16.5. The zero-order valence-corrected chi connectivity index (χ0v) is 18.9. The highest BCUT2D eigenvalue weighted by molar-refractivity contribution is 5.81. The number of aromatic nitrogens is 2. The Morgan fingerprint density at radius 1 is 1.03 bits per heavy atom. The number of aryl methyl sites for hydroxylation is 2. The molecule has 32 heavy (non-hydrogen) atoms. The van der Waals surface area contributed by atoms with Crippen molar-refractivity contribution in [1.82, 2.24) is 19.9 Å². The Hall–Kier alpha value is -3.19. The summed E-state index contributed by atoms with van der Waals surface area (Å²) in [5.74, 6) is 1.51. The smallest absolute Gasteiger partial charge is 0.242 e. The molecule has 2 aromatic carbocycles. The molecule has 7 nitrogen and oxygen atoms in total. The summed E-state index contributed by atoms with van der Waals surface area (Å²) in [5.41, 5.74) is 3.25. The first-order valence-electron chi connectivity index (χ1n) is 11.2. The zero-order chi connectivity index (χ0) is 22.3. The van der Waals surface area contributed by atoms with E-state index in [9.17, 15) is 4.79 Å². The summed E-state index contributed by atoms with van der Waals surface area (Å²) in [7, 11) is 1.96. The molecule has 0 saturated carbocycles. The van der Waals surface area contributed by atoms with Gasteiger partial charge in [0.15, 0.2) is 0 Å². The lowest BCUT2D eigenvalue weighted by Crippen LogP contribution is -2.51. The molecule has 0 aliphatic carbocycles. The Labute approximate surface area is 189 Å². The van der Waals surface area contributed by atoms with Crippen LogP contribution in [0.3, 0.4) is 0 Å². The molecular formula is C25H31N5O2. The molecule has 7 heteroatoms. The molecule has 0 radical (unpaired) electrons. The van der Waals surface area contributed by atoms with Gasteiger partial charge in [-0.25, -0.2) is 0 Å². The number of carbonyl (C=O) groups is 1. The molecule has 3 aromatic rings. The number of benzene rings is 2. The maximum atomic E-state index is 12.7. The third kappa shape index (κ3) is 5.73. The van der Waals surface area contributed by atoms with Crippen molar-refractivity contribution in [3.8, 4) is 11.4 Å². The van der Waals surface area contributed by atoms with Gasteiger partial charge >= 0.3 is 0 Å². The topological polar surface area (TPSA) is 65.7 Å². The summed E-state index contributed by atoms with van der Waals surface area (Å²) in [4.78, 5) is 23.6. The molecule has 1 fully saturated rings. The van der Waals surface area contributed by atoms with E-state index in [0.29, 0.717) is 18.3 Å². The van der Waals surface area contributed by atoms with Gasteiger partial charge in [-0.15, -0.1) is 0 Å². The van der Waals surface area contributed by atoms with Crippen LogP contribution >= 0.6 is 0 Å². The minimum absolute atomic E-state index is 0.186. The number of amides is 1. The number of rotatable bonds is 8. The maximum Gasteiger partial charge on any atom is 0.242 e. The van der Waals surface area contributed by atoms with Gasteiger partial charge in [-0.3, -0.25) is 9.69 Å². The number of piperazine rings is 1. The molecule has 1 saturated heterocycles. The lowest BCUT2D eigenvalue weighted by Gasteiger charge is -2.35. The van der Waals surface area contributed by atoms with Gasteiger partial charge in [-0.2, -0.15) is 4.98 Å². The van der Waals surface area contributed by atoms with Crippen LogP contribution in [0.2, 0.25) is 0 Å². The van der Waals surface area contributed by atoms with Crippen molar-refractivity contribution in [2.45, 2.75) is 19.8 Å². The molecule has 0 atom stereocenters. The monoisotopic (exact) mass is 433 g/mol. The largest absolute Gasteiger partial charge is 0.365 e. The predicted molar refractivity (Wildman–Crippen MR) is 126 cm³/mol. The Morgan fingerprint density at radius 3 is 2.47 bits per heavy atom. The summed E-state index contributed by atoms with van der Waals surface area (Å²) in [6.45, 7) is 6.79. The third-order valence-corrected chi connectivity index (χ3v) is 5.94. The number of likely N-dealkylation sites (N-methyl/N-ethyl adjacent to an activating group) is 1. The van der Waals surface area contributed by atoms with Crippen molar-refractivity contribution < 1.29 is 9.32 Å². The van der Waals surface area contributed by atoms with E-state index in [0.717, 1.165) is 56.8 Å². The lowest BCUT2D eigenvalue weighted by molar-refractivity contribution is -0.131. The number of hydrogen-bond donors (Lipinski definition) is 0. The number of hydrogen-bond acceptors (Lipinski definition) is 6. The number of carbonyl (C=O) groups excluding carboxylic acids is 1. The first-order valence-corrected chi connectivity index (χ1v) is 11.2. The van der Waals surface area contributed by atoms with Crippen LogP contribution in [0.5, 0.6) is 0 Å². The molecule has 0 spiro atoms. The second-order valence-corrected chi connectivity index (χ2v) is 8.40. The van der Waals surface area contributed by atoms with Crippen LogP contribution in [0.15, 0.2) is 59.1 Å². The van der Waals surface area contributed by atoms with Crippen LogP contribution in [-0.4, -0.2) is 72.2 Å². The van der Waals surface area contributed by atoms with Gasteiger partial charge in [0, 0.05) is 50.9 Å². The second-order valence-electron chi connectivity index (χ2n) is 8.40. The van der Waals surface area contributed by atoms with Gasteiger partial charge in [0.1, 0.15) is 0 Å². The van der Waals surface area contributed by atoms with Gasteiger partial charge in [-0.1, -0.05) is 53.2 Å². The molecule has 1 aliphatic rings. The minimum Gasteiger partial charge on any atom is -0.365 e. The summed E-state index contributed by atoms with van der Waals surface area (Å²) < 4.78 is 5.42. The molecule has 0 unspecified atom stereocenters. The fourth-order valence-electron chi connectivity index (χ4n) is 3.93. The predicted octanol–water partition coefficient (Wildman–Crippen LogP) is 3.26. The Morgan fingerprint density at radius 2 is 1.75 bits per heavy atom. The van der Waals surface area contributed by atoms with Crippen molar-refractivity contribution >= 4 is 11.6 Å². The van der Waals surface area contributed by atoms with Gasteiger partial charge in [0.2, 0.25) is 17.6 Å². The van der Waals surface area contributed by atoms with Gasteiger partial charge < -0.3 is 14.3 Å². The molecule has 1 aliphatic heterocycles. The summed E-state index contributed by atoms with van der Waals surface area (Å²) in [6, 6.07) is 18.2. The molecule has 4 rings (SSSR count). The zero-order valence-electron chi connectivity index (χ0n) is 18.9. The lowest BCUT2D eigenvalue weighted by atomic mass is 10.1. The molecule has 1 amide bonds. The summed E-state index contributed by atoms with van der Waals surface area (Å²) in [6.07, 6.45) is 1.72. The number of nitrogens with zero attached hydrogens (tertiary/aromatic N) is 5. The quantitative estimate of drug-likeness (QED) is 0.543. The first kappa shape index (κ1) is 22.0. The van der Waals surface area contributed by atoms with E-state index in [1.165, 1.54) is 5.56 Å². The van der Waals surface area contributed by atoms with Crippen LogP contribution in [0.1, 0.15) is 17.9 Å². The van der Waals surface area contributed by atoms with E-state index >= 15 is 0 Å². The molecule has 0 bridgehead atoms. The van der Waals surface area contributed by atoms with Crippen LogP contribution in [-0.2, 0) is 11.2 Å². The van der Waals surface area contributed by atoms with E-state index in [1.54, 1.807) is 0 Å². The summed E-state index contributed by atoms with van der Waals surface area (Å²) in [5, 5.41) is 4.11. The maximum absolute atomic E-state index is 12.7. The van der Waals surface area contributed by atoms with Crippen LogP contribution in [0, 0.1) is 6.92 Å². The molecular weight excluding hydrogens is 402 g/mol. The number of para-hydroxylation sites is 1. The second kappa shape index (κ2) is 10.4. The van der Waals surface area contributed by atoms with Crippen LogP contribution in [0.25, 0.3) is 11.4 Å². The highest BCUT2D eigenvalue weighted by Gasteiger charge is 2.22. The van der Waals surface area contributed by atoms with Crippen molar-refractivity contribution in [3.63, 3.8) is 0 Å². The fourth-order valence-corrected chi connectivity index (χ4v) is 3.93. The van der Waals surface area contributed by atoms with E-state index in [2.05, 4.69) is 34.1 Å². The first-order chi connectivity index (χ1) is 15.6. The van der Waals surface area contributed by atoms with Crippen molar-refractivity contribution in [2.24, 2.45) is 0 Å². The molecule has 1 aromatic heterocycles. The van der Waals surface area contributed by atoms with Crippen LogP contribution < -0.4 is 4.90 Å². The minimum atomic E-state index is 0.186. The Bertz CT molecular complexity index is 995. The van der Waals surface area contributed by atoms with Crippen molar-refractivity contribution in [2.75, 3.05) is 51.2 Å². The highest BCUT2D eigenvalue weighted by Crippen LogP contribution is 2.17. The summed E-state index contributed by atoms with van der Waals surface area (Å²) >= 11 is 0. The standard InChI is InChI=1S/C25H31N5O2/c1-20-10-12-21(13-11-20)25-26-23(32-27-25)9-6-14-29-15-17-30(18-16-29)24(31)19-28(2)22-7-4-3-5-8-22/h3-5,7-8,10-13H,6,9,14-19H2,1-2H3.